The number of likely N-dealkylation sites (tertiary alicyclic amines) is 1. The van der Waals surface area contributed by atoms with E-state index in [2.05, 4.69) is 0 Å². The van der Waals surface area contributed by atoms with Crippen molar-refractivity contribution in [1.29, 1.82) is 0 Å². The highest BCUT2D eigenvalue weighted by molar-refractivity contribution is 5.99. The van der Waals surface area contributed by atoms with Crippen LogP contribution in [0.25, 0.3) is 11.0 Å². The summed E-state index contributed by atoms with van der Waals surface area (Å²) < 4.78 is 25.4. The van der Waals surface area contributed by atoms with Crippen molar-refractivity contribution in [3.8, 4) is 5.75 Å². The van der Waals surface area contributed by atoms with Crippen LogP contribution in [0.15, 0.2) is 46.9 Å². The molecule has 0 saturated carbocycles. The number of ether oxygens (including phenoxy) is 1. The second-order valence-electron chi connectivity index (χ2n) is 9.32. The molecule has 0 spiro atoms. The van der Waals surface area contributed by atoms with Gasteiger partial charge in [0, 0.05) is 17.5 Å². The number of furan rings is 1. The Morgan fingerprint density at radius 2 is 1.97 bits per heavy atom. The lowest BCUT2D eigenvalue weighted by Crippen LogP contribution is -2.59. The number of halogens is 1. The molecular weight excluding hydrogens is 409 g/mol. The van der Waals surface area contributed by atoms with Crippen LogP contribution in [0.2, 0.25) is 0 Å². The van der Waals surface area contributed by atoms with E-state index in [9.17, 15) is 14.3 Å². The van der Waals surface area contributed by atoms with Crippen LogP contribution < -0.4 is 4.74 Å². The molecule has 1 N–H and O–H groups in total. The third kappa shape index (κ3) is 4.37. The van der Waals surface area contributed by atoms with Gasteiger partial charge in [0.1, 0.15) is 28.9 Å². The number of carbonyl (C=O) groups is 1. The minimum Gasteiger partial charge on any atom is -0.486 e. The topological polar surface area (TPSA) is 62.9 Å². The maximum Gasteiger partial charge on any atom is 0.290 e. The molecular formula is C26H30FNO4. The van der Waals surface area contributed by atoms with Gasteiger partial charge in [-0.2, -0.15) is 0 Å². The Morgan fingerprint density at radius 3 is 2.66 bits per heavy atom. The molecule has 1 saturated heterocycles. The number of carbonyl (C=O) groups excluding carboxylic acids is 1. The number of amides is 1. The third-order valence-electron chi connectivity index (χ3n) is 6.23. The number of fused-ring (bicyclic) bond motifs is 1. The Morgan fingerprint density at radius 1 is 1.25 bits per heavy atom. The molecule has 0 radical (unpaired) electrons. The Labute approximate surface area is 187 Å². The normalized spacial score (nSPS) is 21.3. The fourth-order valence-corrected chi connectivity index (χ4v) is 4.58. The van der Waals surface area contributed by atoms with Crippen LogP contribution in [-0.4, -0.2) is 40.7 Å². The van der Waals surface area contributed by atoms with Crippen LogP contribution in [0.3, 0.4) is 0 Å². The Kier molecular flexibility index (Phi) is 5.99. The molecule has 2 atom stereocenters. The van der Waals surface area contributed by atoms with Gasteiger partial charge in [-0.15, -0.1) is 0 Å². The predicted octanol–water partition coefficient (Wildman–Crippen LogP) is 5.26. The van der Waals surface area contributed by atoms with Crippen molar-refractivity contribution in [3.63, 3.8) is 0 Å². The van der Waals surface area contributed by atoms with Gasteiger partial charge in [0.25, 0.3) is 5.91 Å². The smallest absolute Gasteiger partial charge is 0.290 e. The average molecular weight is 440 g/mol. The Bertz CT molecular complexity index is 1120. The molecule has 2 aromatic carbocycles. The molecule has 170 valence electrons. The first kappa shape index (κ1) is 22.3. The molecule has 5 nitrogen and oxygen atoms in total. The summed E-state index contributed by atoms with van der Waals surface area (Å²) in [5, 5.41) is 12.3. The van der Waals surface area contributed by atoms with E-state index in [-0.39, 0.29) is 24.2 Å². The van der Waals surface area contributed by atoms with Crippen LogP contribution in [0.4, 0.5) is 4.39 Å². The van der Waals surface area contributed by atoms with Crippen LogP contribution in [0, 0.1) is 25.6 Å². The molecule has 1 aliphatic heterocycles. The van der Waals surface area contributed by atoms with Gasteiger partial charge in [-0.1, -0.05) is 26.0 Å². The number of hydrogen-bond donors (Lipinski definition) is 1. The monoisotopic (exact) mass is 439 g/mol. The predicted molar refractivity (Wildman–Crippen MR) is 121 cm³/mol. The Hall–Kier alpha value is -2.86. The van der Waals surface area contributed by atoms with Gasteiger partial charge in [-0.3, -0.25) is 4.79 Å². The van der Waals surface area contributed by atoms with E-state index in [0.29, 0.717) is 36.5 Å². The molecule has 3 aromatic rings. The summed E-state index contributed by atoms with van der Waals surface area (Å²) >= 11 is 0. The summed E-state index contributed by atoms with van der Waals surface area (Å²) in [6.07, 6.45) is 0.297. The molecule has 0 bridgehead atoms. The second-order valence-corrected chi connectivity index (χ2v) is 9.32. The summed E-state index contributed by atoms with van der Waals surface area (Å²) in [4.78, 5) is 15.1. The van der Waals surface area contributed by atoms with Crippen LogP contribution in [-0.2, 0) is 0 Å². The first-order valence-electron chi connectivity index (χ1n) is 11.1. The number of nitrogens with zero attached hydrogens (tertiary/aromatic N) is 1. The number of aryl methyl sites for hydroxylation is 2. The summed E-state index contributed by atoms with van der Waals surface area (Å²) in [6.45, 7) is 8.58. The van der Waals surface area contributed by atoms with E-state index >= 15 is 0 Å². The van der Waals surface area contributed by atoms with Gasteiger partial charge in [0.05, 0.1) is 6.54 Å². The molecule has 0 aliphatic carbocycles. The zero-order valence-corrected chi connectivity index (χ0v) is 19.0. The highest BCUT2D eigenvalue weighted by Crippen LogP contribution is 2.34. The van der Waals surface area contributed by atoms with Crippen molar-refractivity contribution in [1.82, 2.24) is 4.90 Å². The zero-order valence-electron chi connectivity index (χ0n) is 19.0. The van der Waals surface area contributed by atoms with Crippen molar-refractivity contribution in [3.05, 3.63) is 65.2 Å². The average Bonchev–Trinajstić information content (AvgIpc) is 3.05. The lowest BCUT2D eigenvalue weighted by atomic mass is 9.81. The van der Waals surface area contributed by atoms with Crippen LogP contribution in [0.1, 0.15) is 48.4 Å². The third-order valence-corrected chi connectivity index (χ3v) is 6.23. The van der Waals surface area contributed by atoms with Gasteiger partial charge < -0.3 is 19.2 Å². The van der Waals surface area contributed by atoms with Crippen molar-refractivity contribution in [2.45, 2.75) is 52.2 Å². The molecule has 1 fully saturated rings. The molecule has 2 heterocycles. The number of benzene rings is 2. The van der Waals surface area contributed by atoms with Crippen molar-refractivity contribution >= 4 is 16.9 Å². The maximum absolute atomic E-state index is 13.4. The summed E-state index contributed by atoms with van der Waals surface area (Å²) in [6, 6.07) is 11.6. The quantitative estimate of drug-likeness (QED) is 0.589. The minimum absolute atomic E-state index is 0.212. The fourth-order valence-electron chi connectivity index (χ4n) is 4.58. The van der Waals surface area contributed by atoms with E-state index in [1.165, 1.54) is 24.3 Å². The molecule has 0 unspecified atom stereocenters. The van der Waals surface area contributed by atoms with E-state index in [1.807, 2.05) is 45.9 Å². The fraction of sp³-hybridized carbons (Fsp3) is 0.423. The largest absolute Gasteiger partial charge is 0.486 e. The van der Waals surface area contributed by atoms with Gasteiger partial charge in [0.2, 0.25) is 0 Å². The molecule has 1 aliphatic rings. The molecule has 1 aromatic heterocycles. The van der Waals surface area contributed by atoms with E-state index in [1.54, 1.807) is 4.90 Å². The number of hydrogen-bond acceptors (Lipinski definition) is 4. The van der Waals surface area contributed by atoms with Crippen molar-refractivity contribution in [2.24, 2.45) is 5.92 Å². The van der Waals surface area contributed by atoms with Crippen molar-refractivity contribution in [2.75, 3.05) is 13.1 Å². The number of piperidine rings is 1. The Balaban J connectivity index is 1.61. The maximum atomic E-state index is 13.4. The van der Waals surface area contributed by atoms with E-state index < -0.39 is 11.7 Å². The van der Waals surface area contributed by atoms with Gasteiger partial charge in [-0.05, 0) is 68.5 Å². The van der Waals surface area contributed by atoms with Crippen molar-refractivity contribution < 1.29 is 23.4 Å². The first-order valence-corrected chi connectivity index (χ1v) is 11.1. The number of aliphatic hydroxyl groups is 1. The van der Waals surface area contributed by atoms with Crippen LogP contribution >= 0.6 is 0 Å². The molecule has 4 rings (SSSR count). The minimum atomic E-state index is -1.08. The molecule has 32 heavy (non-hydrogen) atoms. The van der Waals surface area contributed by atoms with E-state index in [4.69, 9.17) is 9.15 Å². The van der Waals surface area contributed by atoms with Gasteiger partial charge in [-0.25, -0.2) is 4.39 Å². The van der Waals surface area contributed by atoms with Gasteiger partial charge >= 0.3 is 0 Å². The summed E-state index contributed by atoms with van der Waals surface area (Å²) in [5.41, 5.74) is 1.48. The zero-order chi connectivity index (χ0) is 23.0. The molecule has 1 amide bonds. The standard InChI is InChI=1S/C26H30FNO4/c1-16(2)14-26(30)11-12-28(15-23(26)31-20-8-6-19(27)7-9-20)25(29)24-18(4)21-10-5-17(3)13-22(21)32-24/h5-10,13,16,23,30H,11-12,14-15H2,1-4H3/t23-,26+/m0/s1. The van der Waals surface area contributed by atoms with E-state index in [0.717, 1.165) is 16.5 Å². The highest BCUT2D eigenvalue weighted by Gasteiger charge is 2.45. The summed E-state index contributed by atoms with van der Waals surface area (Å²) in [5.74, 6) is 0.465. The first-order chi connectivity index (χ1) is 15.2. The number of rotatable bonds is 5. The SMILES string of the molecule is Cc1ccc2c(C)c(C(=O)N3CC[C@@](O)(CC(C)C)[C@@H](Oc4ccc(F)cc4)C3)oc2c1. The van der Waals surface area contributed by atoms with Crippen LogP contribution in [0.5, 0.6) is 5.75 Å². The lowest BCUT2D eigenvalue weighted by Gasteiger charge is -2.44. The summed E-state index contributed by atoms with van der Waals surface area (Å²) in [7, 11) is 0. The highest BCUT2D eigenvalue weighted by atomic mass is 19.1. The molecule has 6 heteroatoms. The van der Waals surface area contributed by atoms with Gasteiger partial charge in [0.15, 0.2) is 5.76 Å². The second kappa shape index (κ2) is 8.58. The lowest BCUT2D eigenvalue weighted by molar-refractivity contribution is -0.111.